The maximum atomic E-state index is 13.3. The summed E-state index contributed by atoms with van der Waals surface area (Å²) in [5, 5.41) is 8.52. The largest absolute Gasteiger partial charge is 0.376 e. The molecule has 2 fully saturated rings. The molecule has 0 aromatic heterocycles. The zero-order valence-electron chi connectivity index (χ0n) is 15.9. The first-order valence-corrected chi connectivity index (χ1v) is 9.70. The van der Waals surface area contributed by atoms with E-state index in [9.17, 15) is 14.0 Å². The van der Waals surface area contributed by atoms with E-state index in [-0.39, 0.29) is 24.0 Å². The number of nitrogens with zero attached hydrogens (tertiary/aromatic N) is 1. The molecule has 0 saturated carbocycles. The van der Waals surface area contributed by atoms with E-state index in [0.29, 0.717) is 31.1 Å². The number of halogens is 1. The SMILES string of the molecule is O=C(Nc1cccc(N2CCNC2=O)c1)NC(c1ccc(F)cc1)C1CCCO1. The molecule has 0 bridgehead atoms. The molecule has 2 heterocycles. The first-order valence-electron chi connectivity index (χ1n) is 9.70. The standard InChI is InChI=1S/C21H23FN4O3/c22-15-8-6-14(7-9-15)19(18-5-2-12-29-18)25-20(27)24-16-3-1-4-17(13-16)26-11-10-23-21(26)28/h1,3-4,6-9,13,18-19H,2,5,10-12H2,(H,23,28)(H2,24,25,27). The van der Waals surface area contributed by atoms with Crippen LogP contribution in [0.5, 0.6) is 0 Å². The summed E-state index contributed by atoms with van der Waals surface area (Å²) in [5.41, 5.74) is 2.08. The Kier molecular flexibility index (Phi) is 5.62. The molecule has 4 rings (SSSR count). The van der Waals surface area contributed by atoms with Gasteiger partial charge >= 0.3 is 12.1 Å². The summed E-state index contributed by atoms with van der Waals surface area (Å²) in [6, 6.07) is 12.3. The van der Waals surface area contributed by atoms with Gasteiger partial charge in [-0.2, -0.15) is 0 Å². The van der Waals surface area contributed by atoms with E-state index in [4.69, 9.17) is 4.74 Å². The van der Waals surface area contributed by atoms with Gasteiger partial charge in [0.05, 0.1) is 12.1 Å². The topological polar surface area (TPSA) is 82.7 Å². The third-order valence-electron chi connectivity index (χ3n) is 5.12. The van der Waals surface area contributed by atoms with Gasteiger partial charge in [0.15, 0.2) is 0 Å². The molecule has 3 N–H and O–H groups in total. The minimum atomic E-state index is -0.391. The molecule has 2 saturated heterocycles. The van der Waals surface area contributed by atoms with Gasteiger partial charge in [0, 0.05) is 31.1 Å². The van der Waals surface area contributed by atoms with E-state index in [2.05, 4.69) is 16.0 Å². The molecule has 2 aromatic rings. The Morgan fingerprint density at radius 3 is 2.76 bits per heavy atom. The fourth-order valence-corrected chi connectivity index (χ4v) is 3.70. The van der Waals surface area contributed by atoms with Gasteiger partial charge in [0.2, 0.25) is 0 Å². The van der Waals surface area contributed by atoms with Crippen molar-refractivity contribution in [2.24, 2.45) is 0 Å². The third kappa shape index (κ3) is 4.48. The van der Waals surface area contributed by atoms with Crippen LogP contribution in [0.2, 0.25) is 0 Å². The molecule has 0 aliphatic carbocycles. The highest BCUT2D eigenvalue weighted by Crippen LogP contribution is 2.27. The quantitative estimate of drug-likeness (QED) is 0.722. The van der Waals surface area contributed by atoms with Crippen LogP contribution in [-0.2, 0) is 4.74 Å². The minimum Gasteiger partial charge on any atom is -0.376 e. The second kappa shape index (κ2) is 8.48. The van der Waals surface area contributed by atoms with Crippen LogP contribution in [0.4, 0.5) is 25.4 Å². The molecule has 7 nitrogen and oxygen atoms in total. The monoisotopic (exact) mass is 398 g/mol. The number of carbonyl (C=O) groups is 2. The van der Waals surface area contributed by atoms with Crippen molar-refractivity contribution in [3.8, 4) is 0 Å². The molecule has 2 atom stereocenters. The van der Waals surface area contributed by atoms with Gasteiger partial charge < -0.3 is 20.7 Å². The Labute approximate surface area is 168 Å². The number of benzene rings is 2. The van der Waals surface area contributed by atoms with Crippen LogP contribution in [0.1, 0.15) is 24.4 Å². The maximum Gasteiger partial charge on any atom is 0.321 e. The number of carbonyl (C=O) groups excluding carboxylic acids is 2. The molecule has 0 radical (unpaired) electrons. The summed E-state index contributed by atoms with van der Waals surface area (Å²) in [7, 11) is 0. The van der Waals surface area contributed by atoms with Crippen LogP contribution in [-0.4, -0.2) is 37.9 Å². The van der Waals surface area contributed by atoms with Gasteiger partial charge in [-0.3, -0.25) is 4.90 Å². The number of urea groups is 2. The maximum absolute atomic E-state index is 13.3. The number of nitrogens with one attached hydrogen (secondary N) is 3. The second-order valence-electron chi connectivity index (χ2n) is 7.11. The fraction of sp³-hybridized carbons (Fsp3) is 0.333. The van der Waals surface area contributed by atoms with Crippen LogP contribution in [0.15, 0.2) is 48.5 Å². The lowest BCUT2D eigenvalue weighted by atomic mass is 9.99. The summed E-state index contributed by atoms with van der Waals surface area (Å²) < 4.78 is 19.1. The zero-order chi connectivity index (χ0) is 20.2. The second-order valence-corrected chi connectivity index (χ2v) is 7.11. The lowest BCUT2D eigenvalue weighted by molar-refractivity contribution is 0.0815. The summed E-state index contributed by atoms with van der Waals surface area (Å²) in [6.45, 7) is 1.82. The van der Waals surface area contributed by atoms with Crippen molar-refractivity contribution in [1.29, 1.82) is 0 Å². The highest BCUT2D eigenvalue weighted by molar-refractivity contribution is 5.95. The molecule has 2 aromatic carbocycles. The minimum absolute atomic E-state index is 0.152. The molecular formula is C21H23FN4O3. The summed E-state index contributed by atoms with van der Waals surface area (Å²) in [6.07, 6.45) is 1.58. The molecule has 8 heteroatoms. The van der Waals surface area contributed by atoms with Gasteiger partial charge in [0.1, 0.15) is 5.82 Å². The van der Waals surface area contributed by atoms with Crippen LogP contribution in [0.25, 0.3) is 0 Å². The van der Waals surface area contributed by atoms with E-state index < -0.39 is 6.03 Å². The molecule has 0 spiro atoms. The average Bonchev–Trinajstić information content (AvgIpc) is 3.39. The van der Waals surface area contributed by atoms with E-state index in [1.54, 1.807) is 35.2 Å². The van der Waals surface area contributed by atoms with E-state index >= 15 is 0 Å². The van der Waals surface area contributed by atoms with Gasteiger partial charge in [-0.05, 0) is 48.7 Å². The Balaban J connectivity index is 1.46. The van der Waals surface area contributed by atoms with Crippen molar-refractivity contribution in [3.05, 3.63) is 59.9 Å². The summed E-state index contributed by atoms with van der Waals surface area (Å²) >= 11 is 0. The predicted octanol–water partition coefficient (Wildman–Crippen LogP) is 3.40. The number of hydrogen-bond acceptors (Lipinski definition) is 3. The summed E-state index contributed by atoms with van der Waals surface area (Å²) in [5.74, 6) is -0.327. The number of ether oxygens (including phenoxy) is 1. The first kappa shape index (κ1) is 19.2. The molecule has 29 heavy (non-hydrogen) atoms. The van der Waals surface area contributed by atoms with Crippen LogP contribution >= 0.6 is 0 Å². The van der Waals surface area contributed by atoms with Gasteiger partial charge in [-0.15, -0.1) is 0 Å². The highest BCUT2D eigenvalue weighted by Gasteiger charge is 2.29. The molecule has 2 unspecified atom stereocenters. The van der Waals surface area contributed by atoms with Gasteiger partial charge in [0.25, 0.3) is 0 Å². The fourth-order valence-electron chi connectivity index (χ4n) is 3.70. The van der Waals surface area contributed by atoms with Crippen molar-refractivity contribution in [2.45, 2.75) is 25.0 Å². The normalized spacial score (nSPS) is 19.7. The lowest BCUT2D eigenvalue weighted by Crippen LogP contribution is -2.38. The molecule has 4 amide bonds. The van der Waals surface area contributed by atoms with E-state index in [1.165, 1.54) is 12.1 Å². The Morgan fingerprint density at radius 2 is 2.07 bits per heavy atom. The van der Waals surface area contributed by atoms with Crippen molar-refractivity contribution in [3.63, 3.8) is 0 Å². The number of hydrogen-bond donors (Lipinski definition) is 3. The Hall–Kier alpha value is -3.13. The molecule has 152 valence electrons. The summed E-state index contributed by atoms with van der Waals surface area (Å²) in [4.78, 5) is 26.1. The van der Waals surface area contributed by atoms with Gasteiger partial charge in [-0.1, -0.05) is 18.2 Å². The van der Waals surface area contributed by atoms with Crippen molar-refractivity contribution in [2.75, 3.05) is 29.9 Å². The highest BCUT2D eigenvalue weighted by atomic mass is 19.1. The van der Waals surface area contributed by atoms with Gasteiger partial charge in [-0.25, -0.2) is 14.0 Å². The number of rotatable bonds is 5. The van der Waals surface area contributed by atoms with Crippen LogP contribution in [0, 0.1) is 5.82 Å². The third-order valence-corrected chi connectivity index (χ3v) is 5.12. The van der Waals surface area contributed by atoms with Crippen LogP contribution in [0.3, 0.4) is 0 Å². The van der Waals surface area contributed by atoms with E-state index in [0.717, 1.165) is 18.4 Å². The molecule has 2 aliphatic rings. The molecule has 2 aliphatic heterocycles. The Morgan fingerprint density at radius 1 is 1.24 bits per heavy atom. The lowest BCUT2D eigenvalue weighted by Gasteiger charge is -2.25. The predicted molar refractivity (Wildman–Crippen MR) is 107 cm³/mol. The smallest absolute Gasteiger partial charge is 0.321 e. The number of anilines is 2. The van der Waals surface area contributed by atoms with E-state index in [1.807, 2.05) is 6.07 Å². The number of amides is 4. The van der Waals surface area contributed by atoms with Crippen molar-refractivity contribution in [1.82, 2.24) is 10.6 Å². The van der Waals surface area contributed by atoms with Crippen molar-refractivity contribution >= 4 is 23.4 Å². The molecular weight excluding hydrogens is 375 g/mol. The zero-order valence-corrected chi connectivity index (χ0v) is 15.9. The van der Waals surface area contributed by atoms with Crippen molar-refractivity contribution < 1.29 is 18.7 Å². The Bertz CT molecular complexity index is 884. The average molecular weight is 398 g/mol. The van der Waals surface area contributed by atoms with Crippen LogP contribution < -0.4 is 20.9 Å². The first-order chi connectivity index (χ1) is 14.1.